The first-order chi connectivity index (χ1) is 4.15. The molecule has 0 fully saturated rings. The molecule has 0 radical (unpaired) electrons. The molecule has 7 nitrogen and oxygen atoms in total. The minimum Gasteiger partial charge on any atom is -1.00 e. The Hall–Kier alpha value is 2.26. The van der Waals surface area contributed by atoms with Gasteiger partial charge in [0.25, 0.3) is 5.59 Å². The SMILES string of the molecule is O=P(O)(O)C(O)P(=O)(O)O.[H-].[H-].[Na+].[Na+]. The van der Waals surface area contributed by atoms with Gasteiger partial charge in [-0.3, -0.25) is 9.13 Å². The van der Waals surface area contributed by atoms with Crippen molar-refractivity contribution in [2.24, 2.45) is 0 Å². The summed E-state index contributed by atoms with van der Waals surface area (Å²) in [6, 6.07) is 0. The largest absolute Gasteiger partial charge is 1.00 e. The molecule has 0 spiro atoms. The van der Waals surface area contributed by atoms with Crippen LogP contribution in [0.4, 0.5) is 0 Å². The van der Waals surface area contributed by atoms with E-state index < -0.39 is 20.8 Å². The van der Waals surface area contributed by atoms with Gasteiger partial charge in [-0.2, -0.15) is 0 Å². The summed E-state index contributed by atoms with van der Waals surface area (Å²) in [6.45, 7) is 0. The molecule has 0 aliphatic carbocycles. The maximum atomic E-state index is 9.93. The molecule has 0 aliphatic rings. The number of hydrogen-bond donors (Lipinski definition) is 5. The molecule has 0 aromatic heterocycles. The van der Waals surface area contributed by atoms with E-state index in [1.54, 1.807) is 0 Å². The first-order valence-corrected chi connectivity index (χ1v) is 5.30. The van der Waals surface area contributed by atoms with Crippen molar-refractivity contribution in [1.29, 1.82) is 0 Å². The number of aliphatic hydroxyl groups excluding tert-OH is 1. The molecular weight excluding hydrogens is 232 g/mol. The van der Waals surface area contributed by atoms with Crippen LogP contribution in [-0.2, 0) is 9.13 Å². The smallest absolute Gasteiger partial charge is 1.00 e. The summed E-state index contributed by atoms with van der Waals surface area (Å²) in [5, 5.41) is 8.20. The minimum absolute atomic E-state index is 0. The van der Waals surface area contributed by atoms with E-state index in [1.165, 1.54) is 0 Å². The molecule has 12 heavy (non-hydrogen) atoms. The Morgan fingerprint density at radius 1 is 0.917 bits per heavy atom. The van der Waals surface area contributed by atoms with Crippen LogP contribution >= 0.6 is 15.2 Å². The van der Waals surface area contributed by atoms with Gasteiger partial charge in [0, 0.05) is 0 Å². The Bertz CT molecular complexity index is 190. The van der Waals surface area contributed by atoms with Gasteiger partial charge >= 0.3 is 74.3 Å². The van der Waals surface area contributed by atoms with Crippen LogP contribution in [0.15, 0.2) is 0 Å². The fourth-order valence-corrected chi connectivity index (χ4v) is 1.76. The third-order valence-electron chi connectivity index (χ3n) is 0.602. The minimum atomic E-state index is -5.09. The van der Waals surface area contributed by atoms with E-state index in [1.807, 2.05) is 0 Å². The van der Waals surface area contributed by atoms with E-state index in [2.05, 4.69) is 0 Å². The summed E-state index contributed by atoms with van der Waals surface area (Å²) >= 11 is 0. The summed E-state index contributed by atoms with van der Waals surface area (Å²) < 4.78 is 19.9. The first-order valence-electron chi connectivity index (χ1n) is 1.94. The maximum Gasteiger partial charge on any atom is 1.00 e. The zero-order chi connectivity index (χ0) is 8.58. The molecule has 0 aromatic rings. The molecule has 0 unspecified atom stereocenters. The topological polar surface area (TPSA) is 135 Å². The number of hydrogen-bond acceptors (Lipinski definition) is 3. The Kier molecular flexibility index (Phi) is 11.0. The van der Waals surface area contributed by atoms with Crippen LogP contribution in [-0.4, -0.2) is 30.3 Å². The third kappa shape index (κ3) is 7.64. The molecule has 0 aromatic carbocycles. The van der Waals surface area contributed by atoms with Crippen molar-refractivity contribution in [3.05, 3.63) is 0 Å². The van der Waals surface area contributed by atoms with Crippen LogP contribution in [0.3, 0.4) is 0 Å². The second-order valence-corrected chi connectivity index (χ2v) is 5.27. The molecule has 0 atom stereocenters. The first kappa shape index (κ1) is 19.8. The van der Waals surface area contributed by atoms with E-state index in [-0.39, 0.29) is 62.0 Å². The summed E-state index contributed by atoms with van der Waals surface area (Å²) in [5.41, 5.74) is -2.90. The molecule has 0 saturated carbocycles. The molecule has 5 N–H and O–H groups in total. The van der Waals surface area contributed by atoms with Crippen LogP contribution in [0.25, 0.3) is 0 Å². The molecule has 0 bridgehead atoms. The monoisotopic (exact) mass is 240 g/mol. The van der Waals surface area contributed by atoms with Crippen molar-refractivity contribution in [3.8, 4) is 0 Å². The fraction of sp³-hybridized carbons (Fsp3) is 1.00. The second kappa shape index (κ2) is 6.69. The van der Waals surface area contributed by atoms with Gasteiger partial charge in [0.05, 0.1) is 0 Å². The summed E-state index contributed by atoms with van der Waals surface area (Å²) in [5.74, 6) is 0. The normalized spacial score (nSPS) is 11.8. The number of rotatable bonds is 2. The third-order valence-corrected chi connectivity index (χ3v) is 3.61. The quantitative estimate of drug-likeness (QED) is 0.239. The van der Waals surface area contributed by atoms with E-state index >= 15 is 0 Å². The van der Waals surface area contributed by atoms with Crippen LogP contribution < -0.4 is 59.1 Å². The van der Waals surface area contributed by atoms with E-state index in [0.29, 0.717) is 0 Å². The average molecular weight is 240 g/mol. The molecule has 0 aliphatic heterocycles. The van der Waals surface area contributed by atoms with Crippen molar-refractivity contribution in [3.63, 3.8) is 0 Å². The Morgan fingerprint density at radius 3 is 1.08 bits per heavy atom. The van der Waals surface area contributed by atoms with Crippen LogP contribution in [0.5, 0.6) is 0 Å². The molecule has 0 saturated heterocycles. The van der Waals surface area contributed by atoms with E-state index in [9.17, 15) is 9.13 Å². The van der Waals surface area contributed by atoms with E-state index in [0.717, 1.165) is 0 Å². The zero-order valence-corrected chi connectivity index (χ0v) is 12.3. The van der Waals surface area contributed by atoms with Crippen molar-refractivity contribution < 1.29 is 95.8 Å². The van der Waals surface area contributed by atoms with Gasteiger partial charge in [0.2, 0.25) is 0 Å². The average Bonchev–Trinajstić information content (AvgIpc) is 1.59. The Labute approximate surface area is 115 Å². The summed E-state index contributed by atoms with van der Waals surface area (Å²) in [7, 11) is -10.2. The van der Waals surface area contributed by atoms with Gasteiger partial charge in [0.15, 0.2) is 0 Å². The van der Waals surface area contributed by atoms with Crippen LogP contribution in [0.2, 0.25) is 0 Å². The van der Waals surface area contributed by atoms with Gasteiger partial charge in [-0.05, 0) is 0 Å². The zero-order valence-electron chi connectivity index (χ0n) is 8.52. The van der Waals surface area contributed by atoms with Crippen molar-refractivity contribution in [1.82, 2.24) is 0 Å². The predicted octanol–water partition coefficient (Wildman–Crippen LogP) is -7.15. The maximum absolute atomic E-state index is 9.93. The molecule has 0 rings (SSSR count). The van der Waals surface area contributed by atoms with Crippen molar-refractivity contribution in [2.45, 2.75) is 5.59 Å². The molecule has 0 amide bonds. The molecule has 66 valence electrons. The van der Waals surface area contributed by atoms with Gasteiger partial charge in [-0.25, -0.2) is 0 Å². The van der Waals surface area contributed by atoms with Gasteiger partial charge in [-0.15, -0.1) is 0 Å². The Morgan fingerprint density at radius 2 is 1.08 bits per heavy atom. The molecular formula is CH8Na2O7P2. The Balaban J connectivity index is -0.0000000675. The number of aliphatic hydroxyl groups is 1. The van der Waals surface area contributed by atoms with Gasteiger partial charge in [0.1, 0.15) is 0 Å². The molecule has 11 heteroatoms. The second-order valence-electron chi connectivity index (χ2n) is 1.52. The molecule has 0 heterocycles. The fourth-order valence-electron chi connectivity index (χ4n) is 0.196. The van der Waals surface area contributed by atoms with Crippen LogP contribution in [0.1, 0.15) is 2.85 Å². The van der Waals surface area contributed by atoms with Crippen molar-refractivity contribution >= 4 is 15.2 Å². The van der Waals surface area contributed by atoms with Gasteiger partial charge < -0.3 is 27.5 Å². The summed E-state index contributed by atoms with van der Waals surface area (Å²) in [6.07, 6.45) is 0. The van der Waals surface area contributed by atoms with Crippen molar-refractivity contribution in [2.75, 3.05) is 0 Å². The predicted molar refractivity (Wildman–Crippen MR) is 32.3 cm³/mol. The standard InChI is InChI=1S/CH6O7P2.2Na.2H/c2-1(9(3,4)5)10(6,7)8;;;;/h1-2H,(H2,3,4,5)(H2,6,7,8);;;;/q;2*+1;2*-1. The van der Waals surface area contributed by atoms with Crippen LogP contribution in [0, 0.1) is 0 Å². The van der Waals surface area contributed by atoms with E-state index in [4.69, 9.17) is 24.7 Å². The summed E-state index contributed by atoms with van der Waals surface area (Å²) in [4.78, 5) is 32.0. The van der Waals surface area contributed by atoms with Gasteiger partial charge in [-0.1, -0.05) is 0 Å².